The molecular weight excluding hydrogens is 178 g/mol. The Bertz CT molecular complexity index is 355. The Morgan fingerprint density at radius 1 is 1.67 bits per heavy atom. The van der Waals surface area contributed by atoms with E-state index in [1.807, 2.05) is 0 Å². The summed E-state index contributed by atoms with van der Waals surface area (Å²) in [5.41, 5.74) is 0. The van der Waals surface area contributed by atoms with Gasteiger partial charge in [-0.1, -0.05) is 6.92 Å². The SMILES string of the molecule is CCNS(=O)(=O)c1cn(C)cn1. The molecule has 0 fully saturated rings. The average Bonchev–Trinajstić information content (AvgIpc) is 2.36. The van der Waals surface area contributed by atoms with E-state index >= 15 is 0 Å². The molecule has 0 atom stereocenters. The van der Waals surface area contributed by atoms with Gasteiger partial charge in [-0.15, -0.1) is 0 Å². The minimum Gasteiger partial charge on any atom is -0.339 e. The van der Waals surface area contributed by atoms with Crippen LogP contribution in [0.2, 0.25) is 0 Å². The van der Waals surface area contributed by atoms with Gasteiger partial charge >= 0.3 is 0 Å². The zero-order valence-electron chi connectivity index (χ0n) is 6.98. The van der Waals surface area contributed by atoms with E-state index in [1.165, 1.54) is 12.5 Å². The molecule has 0 aliphatic heterocycles. The van der Waals surface area contributed by atoms with Crippen LogP contribution in [0.25, 0.3) is 0 Å². The topological polar surface area (TPSA) is 64.0 Å². The summed E-state index contributed by atoms with van der Waals surface area (Å²) in [5, 5.41) is 0.0619. The number of rotatable bonds is 3. The van der Waals surface area contributed by atoms with Gasteiger partial charge in [-0.05, 0) is 0 Å². The quantitative estimate of drug-likeness (QED) is 0.711. The van der Waals surface area contributed by atoms with Gasteiger partial charge in [-0.25, -0.2) is 18.1 Å². The van der Waals surface area contributed by atoms with Crippen molar-refractivity contribution in [2.75, 3.05) is 6.54 Å². The van der Waals surface area contributed by atoms with Crippen LogP contribution in [-0.2, 0) is 17.1 Å². The molecule has 0 saturated carbocycles. The predicted octanol–water partition coefficient (Wildman–Crippen LogP) is -0.282. The maximum atomic E-state index is 11.3. The first-order valence-electron chi connectivity index (χ1n) is 3.54. The fourth-order valence-corrected chi connectivity index (χ4v) is 1.81. The van der Waals surface area contributed by atoms with Crippen LogP contribution >= 0.6 is 0 Å². The van der Waals surface area contributed by atoms with Gasteiger partial charge < -0.3 is 4.57 Å². The molecule has 1 aromatic rings. The minimum atomic E-state index is -3.37. The van der Waals surface area contributed by atoms with Crippen molar-refractivity contribution in [1.82, 2.24) is 14.3 Å². The van der Waals surface area contributed by atoms with E-state index in [0.29, 0.717) is 6.54 Å². The van der Waals surface area contributed by atoms with E-state index < -0.39 is 10.0 Å². The highest BCUT2D eigenvalue weighted by Crippen LogP contribution is 2.02. The number of imidazole rings is 1. The fourth-order valence-electron chi connectivity index (χ4n) is 0.792. The van der Waals surface area contributed by atoms with Crippen LogP contribution in [0.15, 0.2) is 17.6 Å². The van der Waals surface area contributed by atoms with E-state index in [4.69, 9.17) is 0 Å². The lowest BCUT2D eigenvalue weighted by molar-refractivity contribution is 0.580. The van der Waals surface area contributed by atoms with E-state index in [1.54, 1.807) is 18.5 Å². The summed E-state index contributed by atoms with van der Waals surface area (Å²) in [4.78, 5) is 3.72. The summed E-state index contributed by atoms with van der Waals surface area (Å²) in [6, 6.07) is 0. The Morgan fingerprint density at radius 2 is 2.33 bits per heavy atom. The molecule has 1 rings (SSSR count). The van der Waals surface area contributed by atoms with Crippen molar-refractivity contribution in [2.24, 2.45) is 7.05 Å². The average molecular weight is 189 g/mol. The third-order valence-corrected chi connectivity index (χ3v) is 2.72. The van der Waals surface area contributed by atoms with Gasteiger partial charge in [0.2, 0.25) is 0 Å². The molecule has 0 aliphatic carbocycles. The summed E-state index contributed by atoms with van der Waals surface area (Å²) < 4.78 is 26.5. The Kier molecular flexibility index (Phi) is 2.49. The lowest BCUT2D eigenvalue weighted by atomic mass is 10.8. The molecule has 0 spiro atoms. The first-order chi connectivity index (χ1) is 5.56. The third kappa shape index (κ3) is 1.83. The molecule has 0 amide bonds. The number of nitrogens with one attached hydrogen (secondary N) is 1. The number of hydrogen-bond acceptors (Lipinski definition) is 3. The highest BCUT2D eigenvalue weighted by molar-refractivity contribution is 7.89. The number of aromatic nitrogens is 2. The van der Waals surface area contributed by atoms with Gasteiger partial charge in [0.15, 0.2) is 5.03 Å². The molecule has 1 aromatic heterocycles. The molecule has 0 aromatic carbocycles. The summed E-state index contributed by atoms with van der Waals surface area (Å²) in [6.45, 7) is 2.10. The Labute approximate surface area is 71.5 Å². The van der Waals surface area contributed by atoms with Gasteiger partial charge in [0.25, 0.3) is 10.0 Å². The van der Waals surface area contributed by atoms with Crippen molar-refractivity contribution in [3.05, 3.63) is 12.5 Å². The molecule has 0 bridgehead atoms. The second kappa shape index (κ2) is 3.24. The molecule has 6 heteroatoms. The Balaban J connectivity index is 2.98. The molecule has 12 heavy (non-hydrogen) atoms. The summed E-state index contributed by atoms with van der Waals surface area (Å²) in [7, 11) is -1.65. The van der Waals surface area contributed by atoms with Crippen LogP contribution in [0.1, 0.15) is 6.92 Å². The molecule has 68 valence electrons. The highest BCUT2D eigenvalue weighted by Gasteiger charge is 2.14. The summed E-state index contributed by atoms with van der Waals surface area (Å²) in [6.07, 6.45) is 2.90. The normalized spacial score (nSPS) is 11.8. The van der Waals surface area contributed by atoms with Crippen LogP contribution < -0.4 is 4.72 Å². The second-order valence-corrected chi connectivity index (χ2v) is 4.09. The number of hydrogen-bond donors (Lipinski definition) is 1. The number of aryl methyl sites for hydroxylation is 1. The van der Waals surface area contributed by atoms with Gasteiger partial charge in [-0.3, -0.25) is 0 Å². The zero-order chi connectivity index (χ0) is 9.19. The fraction of sp³-hybridized carbons (Fsp3) is 0.500. The van der Waals surface area contributed by atoms with E-state index in [2.05, 4.69) is 9.71 Å². The largest absolute Gasteiger partial charge is 0.339 e. The first-order valence-corrected chi connectivity index (χ1v) is 5.02. The molecule has 0 saturated heterocycles. The zero-order valence-corrected chi connectivity index (χ0v) is 7.80. The maximum Gasteiger partial charge on any atom is 0.259 e. The van der Waals surface area contributed by atoms with E-state index in [-0.39, 0.29) is 5.03 Å². The summed E-state index contributed by atoms with van der Waals surface area (Å²) >= 11 is 0. The van der Waals surface area contributed by atoms with Crippen molar-refractivity contribution in [3.8, 4) is 0 Å². The summed E-state index contributed by atoms with van der Waals surface area (Å²) in [5.74, 6) is 0. The molecule has 0 aliphatic rings. The molecule has 0 radical (unpaired) electrons. The van der Waals surface area contributed by atoms with Crippen LogP contribution in [0, 0.1) is 0 Å². The smallest absolute Gasteiger partial charge is 0.259 e. The lowest BCUT2D eigenvalue weighted by Gasteiger charge is -1.98. The molecule has 1 heterocycles. The van der Waals surface area contributed by atoms with Crippen molar-refractivity contribution in [3.63, 3.8) is 0 Å². The van der Waals surface area contributed by atoms with E-state index in [0.717, 1.165) is 0 Å². The molecule has 5 nitrogen and oxygen atoms in total. The number of nitrogens with zero attached hydrogens (tertiary/aromatic N) is 2. The minimum absolute atomic E-state index is 0.0619. The van der Waals surface area contributed by atoms with E-state index in [9.17, 15) is 8.42 Å². The molecule has 1 N–H and O–H groups in total. The Hall–Kier alpha value is -0.880. The number of sulfonamides is 1. The monoisotopic (exact) mass is 189 g/mol. The van der Waals surface area contributed by atoms with Crippen LogP contribution in [-0.4, -0.2) is 24.5 Å². The van der Waals surface area contributed by atoms with Crippen LogP contribution in [0.3, 0.4) is 0 Å². The lowest BCUT2D eigenvalue weighted by Crippen LogP contribution is -2.23. The van der Waals surface area contributed by atoms with Crippen LogP contribution in [0.4, 0.5) is 0 Å². The highest BCUT2D eigenvalue weighted by atomic mass is 32.2. The van der Waals surface area contributed by atoms with Crippen molar-refractivity contribution in [1.29, 1.82) is 0 Å². The van der Waals surface area contributed by atoms with Gasteiger partial charge in [-0.2, -0.15) is 0 Å². The second-order valence-electron chi connectivity index (χ2n) is 2.38. The van der Waals surface area contributed by atoms with Gasteiger partial charge in [0, 0.05) is 19.8 Å². The van der Waals surface area contributed by atoms with Gasteiger partial charge in [0.05, 0.1) is 6.33 Å². The van der Waals surface area contributed by atoms with Crippen molar-refractivity contribution < 1.29 is 8.42 Å². The predicted molar refractivity (Wildman–Crippen MR) is 44.1 cm³/mol. The van der Waals surface area contributed by atoms with Crippen molar-refractivity contribution in [2.45, 2.75) is 11.9 Å². The third-order valence-electron chi connectivity index (χ3n) is 1.29. The first kappa shape index (κ1) is 9.21. The molecule has 0 unspecified atom stereocenters. The maximum absolute atomic E-state index is 11.3. The molecular formula is C6H11N3O2S. The van der Waals surface area contributed by atoms with Gasteiger partial charge in [0.1, 0.15) is 0 Å². The Morgan fingerprint density at radius 3 is 2.75 bits per heavy atom. The standard InChI is InChI=1S/C6H11N3O2S/c1-3-8-12(10,11)6-4-9(2)5-7-6/h4-5,8H,3H2,1-2H3. The van der Waals surface area contributed by atoms with Crippen LogP contribution in [0.5, 0.6) is 0 Å². The van der Waals surface area contributed by atoms with Crippen molar-refractivity contribution >= 4 is 10.0 Å².